The molecular formula is C12H9Cl2F3N4O3. The lowest BCUT2D eigenvalue weighted by Gasteiger charge is -2.12. The summed E-state index contributed by atoms with van der Waals surface area (Å²) in [6.07, 6.45) is -0.926. The third-order valence-corrected chi connectivity index (χ3v) is 3.11. The van der Waals surface area contributed by atoms with E-state index < -0.39 is 46.2 Å². The van der Waals surface area contributed by atoms with Crippen molar-refractivity contribution in [2.75, 3.05) is 0 Å². The molecule has 2 aromatic rings. The summed E-state index contributed by atoms with van der Waals surface area (Å²) in [6.45, 7) is 0. The van der Waals surface area contributed by atoms with Crippen LogP contribution in [0.2, 0.25) is 5.02 Å². The van der Waals surface area contributed by atoms with Crippen LogP contribution in [0.5, 0.6) is 5.75 Å². The van der Waals surface area contributed by atoms with E-state index in [-0.39, 0.29) is 5.02 Å². The predicted molar refractivity (Wildman–Crippen MR) is 77.0 cm³/mol. The maximum atomic E-state index is 14.1. The average Bonchev–Trinajstić information content (AvgIpc) is 2.76. The van der Waals surface area contributed by atoms with Crippen LogP contribution in [0.25, 0.3) is 11.4 Å². The zero-order chi connectivity index (χ0) is 18.2. The SMILES string of the molecule is Cn1cc(OC(F)(F)Cl)c(-c2nc(C(O)C(N)=O)c(Cl)cc2F)n1. The standard InChI is InChI=1S/C12H9Cl2F3N4O3/c1-21-3-6(24-12(14,16)17)9(20-21)8-5(15)2-4(13)7(19-8)10(22)11(18)23/h2-3,10,22H,1H3,(H2,18,23). The number of nitrogens with two attached hydrogens (primary N) is 1. The van der Waals surface area contributed by atoms with Crippen molar-refractivity contribution < 1.29 is 27.8 Å². The zero-order valence-electron chi connectivity index (χ0n) is 11.8. The van der Waals surface area contributed by atoms with Crippen molar-refractivity contribution in [3.63, 3.8) is 0 Å². The Bertz CT molecular complexity index is 795. The van der Waals surface area contributed by atoms with Gasteiger partial charge in [0.1, 0.15) is 5.69 Å². The summed E-state index contributed by atoms with van der Waals surface area (Å²) >= 11 is 10.4. The Hall–Kier alpha value is -2.04. The van der Waals surface area contributed by atoms with Crippen LogP contribution in [-0.2, 0) is 11.8 Å². The fraction of sp³-hybridized carbons (Fsp3) is 0.250. The molecule has 2 heterocycles. The van der Waals surface area contributed by atoms with Crippen molar-refractivity contribution in [2.45, 2.75) is 11.7 Å². The number of amides is 1. The van der Waals surface area contributed by atoms with E-state index in [2.05, 4.69) is 14.8 Å². The maximum Gasteiger partial charge on any atom is 0.487 e. The van der Waals surface area contributed by atoms with Gasteiger partial charge in [0, 0.05) is 18.6 Å². The predicted octanol–water partition coefficient (Wildman–Crippen LogP) is 1.96. The Kier molecular flexibility index (Phi) is 4.92. The molecule has 0 spiro atoms. The van der Waals surface area contributed by atoms with Crippen molar-refractivity contribution in [2.24, 2.45) is 12.8 Å². The highest BCUT2D eigenvalue weighted by atomic mass is 35.5. The Morgan fingerprint density at radius 1 is 1.50 bits per heavy atom. The van der Waals surface area contributed by atoms with Gasteiger partial charge >= 0.3 is 5.57 Å². The summed E-state index contributed by atoms with van der Waals surface area (Å²) in [5.41, 5.74) is -0.629. The van der Waals surface area contributed by atoms with Gasteiger partial charge < -0.3 is 15.6 Å². The number of alkyl halides is 3. The van der Waals surface area contributed by atoms with Crippen LogP contribution in [-0.4, -0.2) is 31.3 Å². The number of aliphatic hydroxyl groups is 1. The van der Waals surface area contributed by atoms with E-state index in [1.807, 2.05) is 0 Å². The molecule has 1 unspecified atom stereocenters. The van der Waals surface area contributed by atoms with Gasteiger partial charge in [-0.2, -0.15) is 5.10 Å². The van der Waals surface area contributed by atoms with Gasteiger partial charge in [0.2, 0.25) is 0 Å². The smallest absolute Gasteiger partial charge is 0.416 e. The third kappa shape index (κ3) is 3.89. The summed E-state index contributed by atoms with van der Waals surface area (Å²) in [7, 11) is 1.36. The Balaban J connectivity index is 2.61. The van der Waals surface area contributed by atoms with Crippen LogP contribution in [0.3, 0.4) is 0 Å². The quantitative estimate of drug-likeness (QED) is 0.766. The molecule has 0 aliphatic heterocycles. The minimum Gasteiger partial charge on any atom is -0.416 e. The summed E-state index contributed by atoms with van der Waals surface area (Å²) in [6, 6.07) is 0.725. The Morgan fingerprint density at radius 2 is 2.12 bits per heavy atom. The number of halogens is 5. The number of pyridine rings is 1. The molecule has 0 radical (unpaired) electrons. The van der Waals surface area contributed by atoms with Gasteiger partial charge in [0.15, 0.2) is 23.4 Å². The largest absolute Gasteiger partial charge is 0.487 e. The van der Waals surface area contributed by atoms with Gasteiger partial charge in [-0.05, 0) is 6.07 Å². The van der Waals surface area contributed by atoms with Crippen LogP contribution in [0.4, 0.5) is 13.2 Å². The molecule has 0 saturated carbocycles. The third-order valence-electron chi connectivity index (χ3n) is 2.73. The van der Waals surface area contributed by atoms with E-state index in [9.17, 15) is 23.1 Å². The van der Waals surface area contributed by atoms with Gasteiger partial charge in [-0.15, -0.1) is 8.78 Å². The van der Waals surface area contributed by atoms with Crippen molar-refractivity contribution in [1.29, 1.82) is 0 Å². The molecule has 2 aromatic heterocycles. The number of ether oxygens (including phenoxy) is 1. The Morgan fingerprint density at radius 3 is 2.67 bits per heavy atom. The Labute approximate surface area is 142 Å². The first-order chi connectivity index (χ1) is 11.0. The van der Waals surface area contributed by atoms with Crippen LogP contribution < -0.4 is 10.5 Å². The van der Waals surface area contributed by atoms with Crippen molar-refractivity contribution in [3.8, 4) is 17.1 Å². The number of carbonyl (C=O) groups excluding carboxylic acids is 1. The molecule has 130 valence electrons. The molecule has 1 amide bonds. The van der Waals surface area contributed by atoms with Crippen LogP contribution >= 0.6 is 23.2 Å². The normalized spacial score (nSPS) is 13.0. The number of aryl methyl sites for hydroxylation is 1. The first-order valence-corrected chi connectivity index (χ1v) is 6.88. The minimum atomic E-state index is -4.07. The average molecular weight is 385 g/mol. The monoisotopic (exact) mass is 384 g/mol. The molecule has 0 aromatic carbocycles. The second kappa shape index (κ2) is 6.46. The van der Waals surface area contributed by atoms with E-state index in [1.165, 1.54) is 7.05 Å². The number of hydrogen-bond acceptors (Lipinski definition) is 5. The fourth-order valence-electron chi connectivity index (χ4n) is 1.80. The number of aliphatic hydroxyl groups excluding tert-OH is 1. The first-order valence-electron chi connectivity index (χ1n) is 6.12. The van der Waals surface area contributed by atoms with Crippen molar-refractivity contribution in [1.82, 2.24) is 14.8 Å². The molecule has 7 nitrogen and oxygen atoms in total. The fourth-order valence-corrected chi connectivity index (χ4v) is 2.13. The molecule has 12 heteroatoms. The minimum absolute atomic E-state index is 0.386. The zero-order valence-corrected chi connectivity index (χ0v) is 13.3. The molecule has 0 saturated heterocycles. The topological polar surface area (TPSA) is 103 Å². The molecule has 0 aliphatic carbocycles. The molecule has 0 aliphatic rings. The first kappa shape index (κ1) is 18.3. The van der Waals surface area contributed by atoms with Gasteiger partial charge in [-0.1, -0.05) is 11.6 Å². The lowest BCUT2D eigenvalue weighted by Crippen LogP contribution is -2.22. The van der Waals surface area contributed by atoms with Gasteiger partial charge in [-0.25, -0.2) is 9.37 Å². The van der Waals surface area contributed by atoms with Crippen LogP contribution in [0, 0.1) is 5.82 Å². The lowest BCUT2D eigenvalue weighted by atomic mass is 10.1. The number of hydrogen-bond donors (Lipinski definition) is 2. The van der Waals surface area contributed by atoms with E-state index in [1.54, 1.807) is 0 Å². The van der Waals surface area contributed by atoms with E-state index in [0.29, 0.717) is 0 Å². The molecule has 2 rings (SSSR count). The number of primary amides is 1. The number of aromatic nitrogens is 3. The van der Waals surface area contributed by atoms with E-state index in [0.717, 1.165) is 16.9 Å². The number of nitrogens with zero attached hydrogens (tertiary/aromatic N) is 3. The number of carbonyl (C=O) groups is 1. The summed E-state index contributed by atoms with van der Waals surface area (Å²) in [5, 5.41) is 13.0. The molecule has 1 atom stereocenters. The van der Waals surface area contributed by atoms with Gasteiger partial charge in [-0.3, -0.25) is 9.48 Å². The van der Waals surface area contributed by atoms with Gasteiger partial charge in [0.25, 0.3) is 5.91 Å². The van der Waals surface area contributed by atoms with Crippen molar-refractivity contribution in [3.05, 3.63) is 28.8 Å². The number of rotatable bonds is 5. The van der Waals surface area contributed by atoms with Crippen LogP contribution in [0.1, 0.15) is 11.8 Å². The second-order valence-corrected chi connectivity index (χ2v) is 5.40. The maximum absolute atomic E-state index is 14.1. The molecule has 0 bridgehead atoms. The molecule has 24 heavy (non-hydrogen) atoms. The summed E-state index contributed by atoms with van der Waals surface area (Å²) < 4.78 is 45.1. The molecule has 3 N–H and O–H groups in total. The van der Waals surface area contributed by atoms with E-state index >= 15 is 0 Å². The van der Waals surface area contributed by atoms with Crippen LogP contribution in [0.15, 0.2) is 12.3 Å². The highest BCUT2D eigenvalue weighted by Gasteiger charge is 2.32. The second-order valence-electron chi connectivity index (χ2n) is 4.55. The highest BCUT2D eigenvalue weighted by molar-refractivity contribution is 6.31. The highest BCUT2D eigenvalue weighted by Crippen LogP contribution is 2.35. The van der Waals surface area contributed by atoms with Gasteiger partial charge in [0.05, 0.1) is 16.9 Å². The summed E-state index contributed by atoms with van der Waals surface area (Å²) in [4.78, 5) is 14.7. The molecule has 0 fully saturated rings. The van der Waals surface area contributed by atoms with Crippen molar-refractivity contribution >= 4 is 29.1 Å². The summed E-state index contributed by atoms with van der Waals surface area (Å²) in [5.74, 6) is -2.82. The lowest BCUT2D eigenvalue weighted by molar-refractivity contribution is -0.126. The van der Waals surface area contributed by atoms with E-state index in [4.69, 9.17) is 28.9 Å². The molecular weight excluding hydrogens is 376 g/mol.